The molecule has 1 N–H and O–H groups in total. The zero-order chi connectivity index (χ0) is 15.4. The molecule has 0 fully saturated rings. The SMILES string of the molecule is O=C(Nc1ccc(Cl)c(Br)c1)c1ccc(OC(F)F)cc1. The molecule has 0 aromatic heterocycles. The lowest BCUT2D eigenvalue weighted by molar-refractivity contribution is -0.0498. The molecule has 0 bridgehead atoms. The molecule has 0 saturated carbocycles. The Morgan fingerprint density at radius 1 is 1.19 bits per heavy atom. The van der Waals surface area contributed by atoms with Crippen LogP contribution in [0, 0.1) is 0 Å². The van der Waals surface area contributed by atoms with Crippen LogP contribution >= 0.6 is 27.5 Å². The van der Waals surface area contributed by atoms with E-state index in [0.717, 1.165) is 0 Å². The van der Waals surface area contributed by atoms with Crippen molar-refractivity contribution in [1.82, 2.24) is 0 Å². The lowest BCUT2D eigenvalue weighted by Crippen LogP contribution is -2.12. The van der Waals surface area contributed by atoms with Gasteiger partial charge in [-0.25, -0.2) is 0 Å². The van der Waals surface area contributed by atoms with Crippen LogP contribution in [0.4, 0.5) is 14.5 Å². The van der Waals surface area contributed by atoms with Crippen LogP contribution in [-0.4, -0.2) is 12.5 Å². The van der Waals surface area contributed by atoms with Crippen molar-refractivity contribution in [1.29, 1.82) is 0 Å². The van der Waals surface area contributed by atoms with Gasteiger partial charge in [-0.2, -0.15) is 8.78 Å². The molecule has 0 atom stereocenters. The number of nitrogens with one attached hydrogen (secondary N) is 1. The molecule has 0 radical (unpaired) electrons. The normalized spacial score (nSPS) is 10.5. The zero-order valence-corrected chi connectivity index (χ0v) is 12.8. The molecule has 21 heavy (non-hydrogen) atoms. The third-order valence-corrected chi connectivity index (χ3v) is 3.73. The first-order valence-corrected chi connectivity index (χ1v) is 6.94. The van der Waals surface area contributed by atoms with Gasteiger partial charge in [0.1, 0.15) is 5.75 Å². The fourth-order valence-electron chi connectivity index (χ4n) is 1.56. The lowest BCUT2D eigenvalue weighted by atomic mass is 10.2. The number of carbonyl (C=O) groups excluding carboxylic acids is 1. The second kappa shape index (κ2) is 6.87. The predicted molar refractivity (Wildman–Crippen MR) is 80.2 cm³/mol. The summed E-state index contributed by atoms with van der Waals surface area (Å²) in [6.45, 7) is -2.89. The summed E-state index contributed by atoms with van der Waals surface area (Å²) in [5, 5.41) is 3.20. The van der Waals surface area contributed by atoms with Crippen molar-refractivity contribution in [3.05, 3.63) is 57.5 Å². The third-order valence-electron chi connectivity index (χ3n) is 2.52. The number of hydrogen-bond acceptors (Lipinski definition) is 2. The molecular weight excluding hydrogens is 368 g/mol. The molecule has 0 spiro atoms. The molecule has 1 amide bonds. The maximum Gasteiger partial charge on any atom is 0.387 e. The highest BCUT2D eigenvalue weighted by atomic mass is 79.9. The number of alkyl halides is 2. The molecular formula is C14H9BrClF2NO2. The van der Waals surface area contributed by atoms with Gasteiger partial charge in [0.05, 0.1) is 5.02 Å². The Morgan fingerprint density at radius 2 is 1.86 bits per heavy atom. The molecule has 0 aliphatic rings. The second-order valence-electron chi connectivity index (χ2n) is 3.99. The van der Waals surface area contributed by atoms with Crippen molar-refractivity contribution in [2.75, 3.05) is 5.32 Å². The minimum atomic E-state index is -2.89. The molecule has 2 rings (SSSR count). The molecule has 7 heteroatoms. The largest absolute Gasteiger partial charge is 0.435 e. The molecule has 0 aliphatic carbocycles. The summed E-state index contributed by atoms with van der Waals surface area (Å²) in [5.74, 6) is -0.372. The highest BCUT2D eigenvalue weighted by molar-refractivity contribution is 9.10. The Balaban J connectivity index is 2.07. The number of halogens is 4. The first-order chi connectivity index (χ1) is 9.95. The van der Waals surface area contributed by atoms with Crippen molar-refractivity contribution >= 4 is 39.1 Å². The monoisotopic (exact) mass is 375 g/mol. The van der Waals surface area contributed by atoms with Crippen molar-refractivity contribution < 1.29 is 18.3 Å². The molecule has 0 heterocycles. The van der Waals surface area contributed by atoms with Crippen LogP contribution in [0.25, 0.3) is 0 Å². The Morgan fingerprint density at radius 3 is 2.43 bits per heavy atom. The fourth-order valence-corrected chi connectivity index (χ4v) is 2.06. The van der Waals surface area contributed by atoms with E-state index in [0.29, 0.717) is 20.7 Å². The van der Waals surface area contributed by atoms with Gasteiger partial charge >= 0.3 is 6.61 Å². The smallest absolute Gasteiger partial charge is 0.387 e. The van der Waals surface area contributed by atoms with Gasteiger partial charge in [0.15, 0.2) is 0 Å². The van der Waals surface area contributed by atoms with Crippen LogP contribution in [-0.2, 0) is 0 Å². The van der Waals surface area contributed by atoms with E-state index < -0.39 is 6.61 Å². The summed E-state index contributed by atoms with van der Waals surface area (Å²) < 4.78 is 28.9. The lowest BCUT2D eigenvalue weighted by Gasteiger charge is -2.08. The van der Waals surface area contributed by atoms with E-state index in [4.69, 9.17) is 11.6 Å². The summed E-state index contributed by atoms with van der Waals surface area (Å²) in [7, 11) is 0. The minimum absolute atomic E-state index is 0.00390. The maximum absolute atomic E-state index is 12.0. The van der Waals surface area contributed by atoms with Crippen LogP contribution in [0.1, 0.15) is 10.4 Å². The van der Waals surface area contributed by atoms with Gasteiger partial charge in [-0.15, -0.1) is 0 Å². The number of carbonyl (C=O) groups is 1. The van der Waals surface area contributed by atoms with E-state index in [1.807, 2.05) is 0 Å². The van der Waals surface area contributed by atoms with Gasteiger partial charge in [-0.3, -0.25) is 4.79 Å². The molecule has 0 saturated heterocycles. The van der Waals surface area contributed by atoms with E-state index >= 15 is 0 Å². The topological polar surface area (TPSA) is 38.3 Å². The first-order valence-electron chi connectivity index (χ1n) is 5.77. The van der Waals surface area contributed by atoms with Gasteiger partial charge in [-0.05, 0) is 58.4 Å². The van der Waals surface area contributed by atoms with Crippen molar-refractivity contribution in [3.63, 3.8) is 0 Å². The fraction of sp³-hybridized carbons (Fsp3) is 0.0714. The van der Waals surface area contributed by atoms with Crippen molar-refractivity contribution in [3.8, 4) is 5.75 Å². The molecule has 0 unspecified atom stereocenters. The van der Waals surface area contributed by atoms with Gasteiger partial charge in [0, 0.05) is 15.7 Å². The van der Waals surface area contributed by atoms with Crippen LogP contribution < -0.4 is 10.1 Å². The Kier molecular flexibility index (Phi) is 5.14. The van der Waals surface area contributed by atoms with Crippen molar-refractivity contribution in [2.24, 2.45) is 0 Å². The highest BCUT2D eigenvalue weighted by Gasteiger charge is 2.09. The Hall–Kier alpha value is -1.66. The number of benzene rings is 2. The molecule has 0 aliphatic heterocycles. The number of ether oxygens (including phenoxy) is 1. The average Bonchev–Trinajstić information content (AvgIpc) is 2.43. The van der Waals surface area contributed by atoms with Crippen LogP contribution in [0.5, 0.6) is 5.75 Å². The molecule has 2 aromatic rings. The minimum Gasteiger partial charge on any atom is -0.435 e. The van der Waals surface area contributed by atoms with E-state index in [1.165, 1.54) is 24.3 Å². The molecule has 2 aromatic carbocycles. The van der Waals surface area contributed by atoms with Crippen molar-refractivity contribution in [2.45, 2.75) is 6.61 Å². The molecule has 3 nitrogen and oxygen atoms in total. The van der Waals surface area contributed by atoms with E-state index in [-0.39, 0.29) is 11.7 Å². The van der Waals surface area contributed by atoms with Gasteiger partial charge in [0.2, 0.25) is 0 Å². The highest BCUT2D eigenvalue weighted by Crippen LogP contribution is 2.26. The van der Waals surface area contributed by atoms with Crippen LogP contribution in [0.3, 0.4) is 0 Å². The summed E-state index contributed by atoms with van der Waals surface area (Å²) in [4.78, 5) is 12.0. The van der Waals surface area contributed by atoms with E-state index in [1.54, 1.807) is 18.2 Å². The molecule has 110 valence electrons. The van der Waals surface area contributed by atoms with Crippen LogP contribution in [0.15, 0.2) is 46.9 Å². The Bertz CT molecular complexity index is 650. The average molecular weight is 377 g/mol. The van der Waals surface area contributed by atoms with Gasteiger partial charge in [-0.1, -0.05) is 11.6 Å². The summed E-state index contributed by atoms with van der Waals surface area (Å²) in [6, 6.07) is 10.4. The zero-order valence-electron chi connectivity index (χ0n) is 10.4. The van der Waals surface area contributed by atoms with Gasteiger partial charge in [0.25, 0.3) is 5.91 Å². The maximum atomic E-state index is 12.0. The number of amides is 1. The predicted octanol–water partition coefficient (Wildman–Crippen LogP) is 4.96. The third kappa shape index (κ3) is 4.41. The summed E-state index contributed by atoms with van der Waals surface area (Å²) in [5.41, 5.74) is 0.881. The van der Waals surface area contributed by atoms with E-state index in [2.05, 4.69) is 26.0 Å². The van der Waals surface area contributed by atoms with E-state index in [9.17, 15) is 13.6 Å². The number of anilines is 1. The first kappa shape index (κ1) is 15.7. The standard InChI is InChI=1S/C14H9BrClF2NO2/c15-11-7-9(3-6-12(11)16)19-13(20)8-1-4-10(5-2-8)21-14(17)18/h1-7,14H,(H,19,20). The number of rotatable bonds is 4. The Labute approximate surface area is 133 Å². The van der Waals surface area contributed by atoms with Crippen LogP contribution in [0.2, 0.25) is 5.02 Å². The van der Waals surface area contributed by atoms with Gasteiger partial charge < -0.3 is 10.1 Å². The summed E-state index contributed by atoms with van der Waals surface area (Å²) in [6.07, 6.45) is 0. The summed E-state index contributed by atoms with van der Waals surface area (Å²) >= 11 is 9.11. The second-order valence-corrected chi connectivity index (χ2v) is 5.25. The number of hydrogen-bond donors (Lipinski definition) is 1. The quantitative estimate of drug-likeness (QED) is 0.819.